The molecule has 0 amide bonds. The maximum absolute atomic E-state index is 14.0. The lowest BCUT2D eigenvalue weighted by Gasteiger charge is -2.20. The predicted molar refractivity (Wildman–Crippen MR) is 73.4 cm³/mol. The molecular formula is C15H16F3N3. The van der Waals surface area contributed by atoms with E-state index in [9.17, 15) is 13.2 Å². The molecule has 0 aliphatic carbocycles. The summed E-state index contributed by atoms with van der Waals surface area (Å²) in [6, 6.07) is 3.31. The van der Waals surface area contributed by atoms with Crippen molar-refractivity contribution in [3.05, 3.63) is 58.2 Å². The minimum absolute atomic E-state index is 0.0403. The molecule has 1 atom stereocenters. The first-order chi connectivity index (χ1) is 9.99. The maximum atomic E-state index is 14.0. The molecule has 1 N–H and O–H groups in total. The Kier molecular flexibility index (Phi) is 4.57. The van der Waals surface area contributed by atoms with Crippen molar-refractivity contribution in [3.8, 4) is 0 Å². The van der Waals surface area contributed by atoms with E-state index >= 15 is 0 Å². The molecule has 0 aliphatic rings. The molecule has 0 bridgehead atoms. The highest BCUT2D eigenvalue weighted by Gasteiger charge is 2.23. The molecule has 0 fully saturated rings. The van der Waals surface area contributed by atoms with Crippen molar-refractivity contribution in [3.63, 3.8) is 0 Å². The van der Waals surface area contributed by atoms with Crippen LogP contribution in [0.5, 0.6) is 0 Å². The molecule has 6 heteroatoms. The lowest BCUT2D eigenvalue weighted by molar-refractivity contribution is 0.434. The fraction of sp³-hybridized carbons (Fsp3) is 0.333. The standard InChI is InChI=1S/C15H16F3N3/c1-4-12-10(7-8(2)20-21-12)15(19-3)9-5-6-11(16)14(18)13(9)17/h5-7,15,19H,4H2,1-3H3. The molecule has 0 spiro atoms. The van der Waals surface area contributed by atoms with Gasteiger partial charge in [-0.3, -0.25) is 0 Å². The average Bonchev–Trinajstić information content (AvgIpc) is 2.48. The van der Waals surface area contributed by atoms with E-state index in [1.165, 1.54) is 6.07 Å². The minimum atomic E-state index is -1.47. The number of aromatic nitrogens is 2. The Balaban J connectivity index is 2.60. The lowest BCUT2D eigenvalue weighted by Crippen LogP contribution is -2.22. The SMILES string of the molecule is CCc1nnc(C)cc1C(NC)c1ccc(F)c(F)c1F. The quantitative estimate of drug-likeness (QED) is 0.881. The summed E-state index contributed by atoms with van der Waals surface area (Å²) in [6.07, 6.45) is 0.603. The van der Waals surface area contributed by atoms with E-state index in [0.29, 0.717) is 23.4 Å². The Bertz CT molecular complexity index is 659. The maximum Gasteiger partial charge on any atom is 0.194 e. The fourth-order valence-corrected chi connectivity index (χ4v) is 2.30. The van der Waals surface area contributed by atoms with E-state index in [0.717, 1.165) is 6.07 Å². The zero-order chi connectivity index (χ0) is 15.6. The molecule has 1 unspecified atom stereocenters. The smallest absolute Gasteiger partial charge is 0.194 e. The summed E-state index contributed by atoms with van der Waals surface area (Å²) in [7, 11) is 1.63. The number of rotatable bonds is 4. The summed E-state index contributed by atoms with van der Waals surface area (Å²) < 4.78 is 40.6. The molecule has 1 heterocycles. The van der Waals surface area contributed by atoms with Crippen LogP contribution in [0.25, 0.3) is 0 Å². The minimum Gasteiger partial charge on any atom is -0.309 e. The van der Waals surface area contributed by atoms with Gasteiger partial charge in [0.2, 0.25) is 0 Å². The molecule has 1 aromatic heterocycles. The number of hydrogen-bond acceptors (Lipinski definition) is 3. The van der Waals surface area contributed by atoms with Gasteiger partial charge >= 0.3 is 0 Å². The van der Waals surface area contributed by atoms with Crippen LogP contribution in [0.4, 0.5) is 13.2 Å². The highest BCUT2D eigenvalue weighted by atomic mass is 19.2. The molecule has 3 nitrogen and oxygen atoms in total. The summed E-state index contributed by atoms with van der Waals surface area (Å²) in [4.78, 5) is 0. The van der Waals surface area contributed by atoms with Crippen LogP contribution >= 0.6 is 0 Å². The van der Waals surface area contributed by atoms with Crippen molar-refractivity contribution in [1.29, 1.82) is 0 Å². The highest BCUT2D eigenvalue weighted by Crippen LogP contribution is 2.28. The van der Waals surface area contributed by atoms with Crippen LogP contribution in [0, 0.1) is 24.4 Å². The van der Waals surface area contributed by atoms with E-state index < -0.39 is 23.5 Å². The third kappa shape index (κ3) is 2.90. The van der Waals surface area contributed by atoms with Crippen molar-refractivity contribution < 1.29 is 13.2 Å². The summed E-state index contributed by atoms with van der Waals surface area (Å²) in [5.74, 6) is -3.86. The number of nitrogens with zero attached hydrogens (tertiary/aromatic N) is 2. The zero-order valence-corrected chi connectivity index (χ0v) is 12.0. The van der Waals surface area contributed by atoms with Gasteiger partial charge in [-0.05, 0) is 38.1 Å². The molecular weight excluding hydrogens is 279 g/mol. The van der Waals surface area contributed by atoms with Crippen LogP contribution in [0.1, 0.15) is 35.5 Å². The van der Waals surface area contributed by atoms with Crippen molar-refractivity contribution in [1.82, 2.24) is 15.5 Å². The second-order valence-corrected chi connectivity index (χ2v) is 4.73. The first-order valence-corrected chi connectivity index (χ1v) is 6.63. The van der Waals surface area contributed by atoms with Crippen LogP contribution in [0.3, 0.4) is 0 Å². The second kappa shape index (κ2) is 6.22. The van der Waals surface area contributed by atoms with Crippen LogP contribution in [0.2, 0.25) is 0 Å². The molecule has 2 aromatic rings. The summed E-state index contributed by atoms with van der Waals surface area (Å²) in [6.45, 7) is 3.67. The van der Waals surface area contributed by atoms with Gasteiger partial charge in [-0.1, -0.05) is 13.0 Å². The average molecular weight is 295 g/mol. The molecule has 1 aromatic carbocycles. The Morgan fingerprint density at radius 1 is 1.10 bits per heavy atom. The Labute approximate surface area is 121 Å². The third-order valence-electron chi connectivity index (χ3n) is 3.34. The van der Waals surface area contributed by atoms with Gasteiger partial charge < -0.3 is 5.32 Å². The zero-order valence-electron chi connectivity index (χ0n) is 12.0. The first kappa shape index (κ1) is 15.4. The first-order valence-electron chi connectivity index (χ1n) is 6.63. The van der Waals surface area contributed by atoms with Gasteiger partial charge in [0.15, 0.2) is 17.5 Å². The molecule has 21 heavy (non-hydrogen) atoms. The van der Waals surface area contributed by atoms with Gasteiger partial charge in [0.25, 0.3) is 0 Å². The number of aryl methyl sites for hydroxylation is 2. The predicted octanol–water partition coefficient (Wildman–Crippen LogP) is 3.07. The number of hydrogen-bond donors (Lipinski definition) is 1. The fourth-order valence-electron chi connectivity index (χ4n) is 2.30. The van der Waals surface area contributed by atoms with Crippen LogP contribution < -0.4 is 5.32 Å². The Morgan fingerprint density at radius 3 is 2.43 bits per heavy atom. The van der Waals surface area contributed by atoms with E-state index in [2.05, 4.69) is 15.5 Å². The largest absolute Gasteiger partial charge is 0.309 e. The van der Waals surface area contributed by atoms with E-state index in [1.54, 1.807) is 20.0 Å². The molecule has 0 aliphatic heterocycles. The van der Waals surface area contributed by atoms with Gasteiger partial charge in [0.05, 0.1) is 17.4 Å². The van der Waals surface area contributed by atoms with Crippen LogP contribution in [0.15, 0.2) is 18.2 Å². The molecule has 2 rings (SSSR count). The Hall–Kier alpha value is -1.95. The molecule has 0 saturated carbocycles. The Morgan fingerprint density at radius 2 is 1.81 bits per heavy atom. The molecule has 0 radical (unpaired) electrons. The van der Waals surface area contributed by atoms with Gasteiger partial charge in [0, 0.05) is 5.56 Å². The van der Waals surface area contributed by atoms with Crippen molar-refractivity contribution in [2.45, 2.75) is 26.3 Å². The van der Waals surface area contributed by atoms with E-state index in [4.69, 9.17) is 0 Å². The van der Waals surface area contributed by atoms with Crippen LogP contribution in [-0.4, -0.2) is 17.2 Å². The summed E-state index contributed by atoms with van der Waals surface area (Å²) >= 11 is 0. The molecule has 112 valence electrons. The highest BCUT2D eigenvalue weighted by molar-refractivity contribution is 5.36. The van der Waals surface area contributed by atoms with E-state index in [-0.39, 0.29) is 5.56 Å². The number of benzene rings is 1. The van der Waals surface area contributed by atoms with Crippen molar-refractivity contribution >= 4 is 0 Å². The lowest BCUT2D eigenvalue weighted by atomic mass is 9.95. The van der Waals surface area contributed by atoms with E-state index in [1.807, 2.05) is 6.92 Å². The van der Waals surface area contributed by atoms with Gasteiger partial charge in [-0.25, -0.2) is 13.2 Å². The van der Waals surface area contributed by atoms with Gasteiger partial charge in [-0.15, -0.1) is 0 Å². The van der Waals surface area contributed by atoms with Gasteiger partial charge in [0.1, 0.15) is 0 Å². The third-order valence-corrected chi connectivity index (χ3v) is 3.34. The second-order valence-electron chi connectivity index (χ2n) is 4.73. The normalized spacial score (nSPS) is 12.5. The van der Waals surface area contributed by atoms with Crippen molar-refractivity contribution in [2.24, 2.45) is 0 Å². The topological polar surface area (TPSA) is 37.8 Å². The number of halogens is 3. The summed E-state index contributed by atoms with van der Waals surface area (Å²) in [5, 5.41) is 11.0. The van der Waals surface area contributed by atoms with Crippen LogP contribution in [-0.2, 0) is 6.42 Å². The monoisotopic (exact) mass is 295 g/mol. The molecule has 0 saturated heterocycles. The van der Waals surface area contributed by atoms with Gasteiger partial charge in [-0.2, -0.15) is 10.2 Å². The number of nitrogens with one attached hydrogen (secondary N) is 1. The van der Waals surface area contributed by atoms with Crippen molar-refractivity contribution in [2.75, 3.05) is 7.05 Å². The summed E-state index contributed by atoms with van der Waals surface area (Å²) in [5.41, 5.74) is 2.10.